The number of nitrogens with zero attached hydrogens (tertiary/aromatic N) is 1. The number of carbonyl (C=O) groups is 3. The van der Waals surface area contributed by atoms with Crippen LogP contribution in [0.4, 0.5) is 11.4 Å². The highest BCUT2D eigenvalue weighted by Crippen LogP contribution is 2.57. The average Bonchev–Trinajstić information content (AvgIpc) is 3.05. The molecule has 0 aromatic heterocycles. The summed E-state index contributed by atoms with van der Waals surface area (Å²) >= 11 is 3.46. The number of fused-ring (bicyclic) bond motifs is 3. The number of aryl methyl sites for hydroxylation is 1. The molecular weight excluding hydrogens is 522 g/mol. The first kappa shape index (κ1) is 24.3. The predicted octanol–water partition coefficient (Wildman–Crippen LogP) is 4.84. The Morgan fingerprint density at radius 2 is 1.83 bits per heavy atom. The maximum absolute atomic E-state index is 14.0. The van der Waals surface area contributed by atoms with Gasteiger partial charge in [0.05, 0.1) is 6.61 Å². The number of nitrogens with two attached hydrogens (primary N) is 1. The fourth-order valence-electron chi connectivity index (χ4n) is 5.74. The molecule has 3 N–H and O–H groups in total. The molecule has 1 atom stereocenters. The van der Waals surface area contributed by atoms with E-state index in [1.165, 1.54) is 0 Å². The Balaban J connectivity index is 1.92. The van der Waals surface area contributed by atoms with Crippen molar-refractivity contribution in [3.63, 3.8) is 0 Å². The fourth-order valence-corrected chi connectivity index (χ4v) is 6.00. The van der Waals surface area contributed by atoms with E-state index in [0.717, 1.165) is 10.0 Å². The second-order valence-electron chi connectivity index (χ2n) is 10.3. The summed E-state index contributed by atoms with van der Waals surface area (Å²) in [5.41, 5.74) is 8.39. The van der Waals surface area contributed by atoms with E-state index in [-0.39, 0.29) is 35.6 Å². The molecular formula is C28H28BrN3O4. The Kier molecular flexibility index (Phi) is 5.63. The molecule has 36 heavy (non-hydrogen) atoms. The average molecular weight is 550 g/mol. The van der Waals surface area contributed by atoms with Gasteiger partial charge in [-0.1, -0.05) is 47.5 Å². The molecule has 2 aromatic carbocycles. The number of esters is 1. The Bertz CT molecular complexity index is 1390. The van der Waals surface area contributed by atoms with Crippen molar-refractivity contribution in [1.29, 1.82) is 0 Å². The largest absolute Gasteiger partial charge is 0.462 e. The van der Waals surface area contributed by atoms with Gasteiger partial charge < -0.3 is 15.8 Å². The van der Waals surface area contributed by atoms with Crippen molar-refractivity contribution >= 4 is 45.0 Å². The third kappa shape index (κ3) is 3.42. The summed E-state index contributed by atoms with van der Waals surface area (Å²) in [4.78, 5) is 43.4. The highest BCUT2D eigenvalue weighted by Gasteiger charge is 2.63. The number of rotatable bonds is 3. The third-order valence-corrected chi connectivity index (χ3v) is 7.63. The van der Waals surface area contributed by atoms with Crippen LogP contribution >= 0.6 is 15.9 Å². The lowest BCUT2D eigenvalue weighted by molar-refractivity contribution is -0.140. The lowest BCUT2D eigenvalue weighted by Crippen LogP contribution is -2.54. The molecule has 1 unspecified atom stereocenters. The normalized spacial score (nSPS) is 22.5. The van der Waals surface area contributed by atoms with Crippen molar-refractivity contribution in [1.82, 2.24) is 0 Å². The Hall–Kier alpha value is -3.39. The van der Waals surface area contributed by atoms with Gasteiger partial charge in [0.25, 0.3) is 0 Å². The third-order valence-electron chi connectivity index (χ3n) is 7.10. The number of amides is 1. The first-order chi connectivity index (χ1) is 17.0. The first-order valence-electron chi connectivity index (χ1n) is 11.9. The second kappa shape index (κ2) is 8.34. The second-order valence-corrected chi connectivity index (χ2v) is 11.2. The lowest BCUT2D eigenvalue weighted by Gasteiger charge is -2.47. The molecule has 0 fully saturated rings. The predicted molar refractivity (Wildman–Crippen MR) is 141 cm³/mol. The minimum Gasteiger partial charge on any atom is -0.462 e. The molecule has 0 saturated heterocycles. The number of anilines is 2. The van der Waals surface area contributed by atoms with Gasteiger partial charge in [-0.15, -0.1) is 0 Å². The van der Waals surface area contributed by atoms with Gasteiger partial charge in [0.1, 0.15) is 16.8 Å². The van der Waals surface area contributed by atoms with E-state index in [1.807, 2.05) is 57.2 Å². The summed E-state index contributed by atoms with van der Waals surface area (Å²) in [5.74, 6) is -1.28. The van der Waals surface area contributed by atoms with Crippen LogP contribution < -0.4 is 16.0 Å². The monoisotopic (exact) mass is 549 g/mol. The van der Waals surface area contributed by atoms with Crippen molar-refractivity contribution in [3.05, 3.63) is 80.7 Å². The van der Waals surface area contributed by atoms with E-state index >= 15 is 0 Å². The standard InChI is InChI=1S/C28H28BrN3O4/c1-5-36-25(34)23-24(30)32(17-9-7-16(29)8-10-17)20-13-27(3,4)14-21(33)22(20)28(23)18-12-15(2)6-11-19(18)31-26(28)35/h6-12H,5,13-14,30H2,1-4H3,(H,31,35). The van der Waals surface area contributed by atoms with Gasteiger partial charge in [0.2, 0.25) is 5.91 Å². The number of ether oxygens (including phenoxy) is 1. The quantitative estimate of drug-likeness (QED) is 0.531. The molecule has 0 radical (unpaired) electrons. The van der Waals surface area contributed by atoms with Crippen molar-refractivity contribution < 1.29 is 19.1 Å². The van der Waals surface area contributed by atoms with Crippen LogP contribution in [0.3, 0.4) is 0 Å². The highest BCUT2D eigenvalue weighted by atomic mass is 79.9. The SMILES string of the molecule is CCOC(=O)C1=C(N)N(c2ccc(Br)cc2)C2=C(C(=O)CC(C)(C)C2)C12C(=O)Nc1ccc(C)cc12. The van der Waals surface area contributed by atoms with E-state index in [4.69, 9.17) is 10.5 Å². The molecule has 8 heteroatoms. The summed E-state index contributed by atoms with van der Waals surface area (Å²) in [6.07, 6.45) is 0.739. The minimum atomic E-state index is -1.69. The van der Waals surface area contributed by atoms with Gasteiger partial charge in [0, 0.05) is 39.1 Å². The van der Waals surface area contributed by atoms with Crippen LogP contribution in [0.1, 0.15) is 44.7 Å². The molecule has 3 aliphatic rings. The number of halogens is 1. The highest BCUT2D eigenvalue weighted by molar-refractivity contribution is 9.10. The van der Waals surface area contributed by atoms with Crippen LogP contribution in [0.25, 0.3) is 0 Å². The van der Waals surface area contributed by atoms with E-state index in [9.17, 15) is 14.4 Å². The molecule has 186 valence electrons. The molecule has 5 rings (SSSR count). The summed E-state index contributed by atoms with van der Waals surface area (Å²) < 4.78 is 6.34. The summed E-state index contributed by atoms with van der Waals surface area (Å²) in [6, 6.07) is 13.0. The Morgan fingerprint density at radius 1 is 1.14 bits per heavy atom. The molecule has 0 bridgehead atoms. The van der Waals surface area contributed by atoms with Gasteiger partial charge in [-0.05, 0) is 56.0 Å². The van der Waals surface area contributed by atoms with Crippen molar-refractivity contribution in [2.75, 3.05) is 16.8 Å². The maximum Gasteiger partial charge on any atom is 0.339 e. The Labute approximate surface area is 218 Å². The molecule has 1 spiro atoms. The van der Waals surface area contributed by atoms with E-state index < -0.39 is 17.3 Å². The van der Waals surface area contributed by atoms with Crippen LogP contribution in [-0.2, 0) is 24.5 Å². The lowest BCUT2D eigenvalue weighted by atomic mass is 9.60. The number of ketones is 1. The molecule has 2 heterocycles. The Morgan fingerprint density at radius 3 is 2.50 bits per heavy atom. The van der Waals surface area contributed by atoms with Gasteiger partial charge >= 0.3 is 5.97 Å². The molecule has 1 aliphatic carbocycles. The van der Waals surface area contributed by atoms with Gasteiger partial charge in [0.15, 0.2) is 5.78 Å². The van der Waals surface area contributed by atoms with Crippen LogP contribution in [0, 0.1) is 12.3 Å². The molecule has 7 nitrogen and oxygen atoms in total. The number of nitrogens with one attached hydrogen (secondary N) is 1. The van der Waals surface area contributed by atoms with Crippen LogP contribution in [0.2, 0.25) is 0 Å². The molecule has 2 aromatic rings. The maximum atomic E-state index is 14.0. The number of Topliss-reactive ketones (excluding diaryl/α,β-unsaturated/α-hetero) is 1. The number of hydrogen-bond acceptors (Lipinski definition) is 6. The zero-order valence-electron chi connectivity index (χ0n) is 20.7. The first-order valence-corrected chi connectivity index (χ1v) is 12.7. The molecule has 0 saturated carbocycles. The zero-order valence-corrected chi connectivity index (χ0v) is 22.3. The van der Waals surface area contributed by atoms with Crippen LogP contribution in [0.5, 0.6) is 0 Å². The number of carbonyl (C=O) groups excluding carboxylic acids is 3. The smallest absolute Gasteiger partial charge is 0.339 e. The van der Waals surface area contributed by atoms with Crippen molar-refractivity contribution in [3.8, 4) is 0 Å². The minimum absolute atomic E-state index is 0.0269. The molecule has 2 aliphatic heterocycles. The van der Waals surface area contributed by atoms with Crippen LogP contribution in [0.15, 0.2) is 69.6 Å². The van der Waals surface area contributed by atoms with Crippen LogP contribution in [-0.4, -0.2) is 24.3 Å². The summed E-state index contributed by atoms with van der Waals surface area (Å²) in [7, 11) is 0. The van der Waals surface area contributed by atoms with Gasteiger partial charge in [-0.2, -0.15) is 0 Å². The van der Waals surface area contributed by atoms with E-state index in [2.05, 4.69) is 21.2 Å². The molecule has 1 amide bonds. The number of hydrogen-bond donors (Lipinski definition) is 2. The fraction of sp³-hybridized carbons (Fsp3) is 0.321. The van der Waals surface area contributed by atoms with Crippen molar-refractivity contribution in [2.45, 2.75) is 46.0 Å². The number of allylic oxidation sites excluding steroid dienone is 1. The number of benzene rings is 2. The van der Waals surface area contributed by atoms with E-state index in [0.29, 0.717) is 34.6 Å². The topological polar surface area (TPSA) is 102 Å². The van der Waals surface area contributed by atoms with Gasteiger partial charge in [-0.3, -0.25) is 14.5 Å². The van der Waals surface area contributed by atoms with Crippen molar-refractivity contribution in [2.24, 2.45) is 11.1 Å². The summed E-state index contributed by atoms with van der Waals surface area (Å²) in [5, 5.41) is 2.92. The van der Waals surface area contributed by atoms with Gasteiger partial charge in [-0.25, -0.2) is 4.79 Å². The summed E-state index contributed by atoms with van der Waals surface area (Å²) in [6.45, 7) is 7.75. The van der Waals surface area contributed by atoms with E-state index in [1.54, 1.807) is 17.9 Å². The zero-order chi connectivity index (χ0) is 26.0.